The second kappa shape index (κ2) is 6.91. The summed E-state index contributed by atoms with van der Waals surface area (Å²) in [5.74, 6) is -0.127. The third-order valence-corrected chi connectivity index (χ3v) is 4.68. The lowest BCUT2D eigenvalue weighted by Gasteiger charge is -2.25. The van der Waals surface area contributed by atoms with Gasteiger partial charge in [0.1, 0.15) is 0 Å². The van der Waals surface area contributed by atoms with Crippen LogP contribution in [0.1, 0.15) is 29.5 Å². The fourth-order valence-electron chi connectivity index (χ4n) is 3.41. The molecule has 3 rings (SSSR count). The maximum Gasteiger partial charge on any atom is 0.267 e. The van der Waals surface area contributed by atoms with E-state index >= 15 is 0 Å². The number of hydrogen-bond acceptors (Lipinski definition) is 5. The molecule has 0 aliphatic carbocycles. The smallest absolute Gasteiger partial charge is 0.267 e. The van der Waals surface area contributed by atoms with E-state index in [2.05, 4.69) is 17.3 Å². The summed E-state index contributed by atoms with van der Waals surface area (Å²) < 4.78 is 5.16. The van der Waals surface area contributed by atoms with E-state index in [1.165, 1.54) is 0 Å². The van der Waals surface area contributed by atoms with Gasteiger partial charge in [0, 0.05) is 25.6 Å². The van der Waals surface area contributed by atoms with Crippen LogP contribution in [0.25, 0.3) is 0 Å². The molecule has 0 spiro atoms. The molecule has 6 heteroatoms. The SMILES string of the molecule is COC[C@@H]1C[C@@H](O)CN1C(=O)C1CC(c2cc(C)ccc2C)=NO1. The summed E-state index contributed by atoms with van der Waals surface area (Å²) in [4.78, 5) is 19.9. The van der Waals surface area contributed by atoms with Crippen LogP contribution in [-0.2, 0) is 14.4 Å². The van der Waals surface area contributed by atoms with Crippen LogP contribution in [0.3, 0.4) is 0 Å². The molecular formula is C18H24N2O4. The van der Waals surface area contributed by atoms with E-state index in [9.17, 15) is 9.90 Å². The van der Waals surface area contributed by atoms with Crippen LogP contribution in [0.5, 0.6) is 0 Å². The molecule has 0 aromatic heterocycles. The fourth-order valence-corrected chi connectivity index (χ4v) is 3.41. The average Bonchev–Trinajstić information content (AvgIpc) is 3.16. The summed E-state index contributed by atoms with van der Waals surface area (Å²) in [7, 11) is 1.60. The zero-order chi connectivity index (χ0) is 17.3. The highest BCUT2D eigenvalue weighted by Gasteiger charge is 2.40. The molecule has 0 bridgehead atoms. The van der Waals surface area contributed by atoms with Gasteiger partial charge in [0.2, 0.25) is 6.10 Å². The quantitative estimate of drug-likeness (QED) is 0.905. The molecule has 1 amide bonds. The Hall–Kier alpha value is -1.92. The van der Waals surface area contributed by atoms with Crippen molar-refractivity contribution in [2.75, 3.05) is 20.3 Å². The third-order valence-electron chi connectivity index (χ3n) is 4.68. The van der Waals surface area contributed by atoms with Gasteiger partial charge >= 0.3 is 0 Å². The Morgan fingerprint density at radius 2 is 2.25 bits per heavy atom. The molecule has 3 atom stereocenters. The predicted molar refractivity (Wildman–Crippen MR) is 89.9 cm³/mol. The molecule has 1 aromatic rings. The number of carbonyl (C=O) groups excluding carboxylic acids is 1. The summed E-state index contributed by atoms with van der Waals surface area (Å²) in [6, 6.07) is 6.07. The van der Waals surface area contributed by atoms with Gasteiger partial charge in [-0.3, -0.25) is 4.79 Å². The third kappa shape index (κ3) is 3.30. The van der Waals surface area contributed by atoms with Gasteiger partial charge in [-0.25, -0.2) is 0 Å². The van der Waals surface area contributed by atoms with Crippen molar-refractivity contribution in [3.8, 4) is 0 Å². The standard InChI is InChI=1S/C18H24N2O4/c1-11-4-5-12(2)15(6-11)16-8-17(24-19-16)18(22)20-9-14(21)7-13(20)10-23-3/h4-6,13-14,17,21H,7-10H2,1-3H3/t13-,14+,17?/m0/s1. The number of β-amino-alcohol motifs (C(OH)–C–C–N with tert-alkyl or cyclic N) is 1. The van der Waals surface area contributed by atoms with Crippen molar-refractivity contribution in [1.82, 2.24) is 4.90 Å². The number of nitrogens with zero attached hydrogens (tertiary/aromatic N) is 2. The first-order valence-corrected chi connectivity index (χ1v) is 8.27. The zero-order valence-corrected chi connectivity index (χ0v) is 14.4. The summed E-state index contributed by atoms with van der Waals surface area (Å²) in [5, 5.41) is 14.0. The number of amides is 1. The van der Waals surface area contributed by atoms with Gasteiger partial charge in [0.25, 0.3) is 5.91 Å². The van der Waals surface area contributed by atoms with Crippen LogP contribution in [-0.4, -0.2) is 60.1 Å². The predicted octanol–water partition coefficient (Wildman–Crippen LogP) is 1.40. The molecule has 0 radical (unpaired) electrons. The van der Waals surface area contributed by atoms with Crippen LogP contribution in [0.2, 0.25) is 0 Å². The molecule has 2 aliphatic rings. The van der Waals surface area contributed by atoms with E-state index in [0.717, 1.165) is 22.4 Å². The van der Waals surface area contributed by atoms with E-state index in [1.54, 1.807) is 12.0 Å². The fraction of sp³-hybridized carbons (Fsp3) is 0.556. The first kappa shape index (κ1) is 16.9. The molecule has 2 aliphatic heterocycles. The number of likely N-dealkylation sites (tertiary alicyclic amines) is 1. The van der Waals surface area contributed by atoms with E-state index in [1.807, 2.05) is 19.9 Å². The summed E-state index contributed by atoms with van der Waals surface area (Å²) >= 11 is 0. The molecule has 1 saturated heterocycles. The topological polar surface area (TPSA) is 71.4 Å². The van der Waals surface area contributed by atoms with E-state index in [0.29, 0.717) is 26.0 Å². The Kier molecular flexibility index (Phi) is 4.87. The van der Waals surface area contributed by atoms with Gasteiger partial charge in [-0.2, -0.15) is 0 Å². The minimum absolute atomic E-state index is 0.106. The summed E-state index contributed by atoms with van der Waals surface area (Å²) in [6.07, 6.45) is -0.133. The van der Waals surface area contributed by atoms with Gasteiger partial charge in [0.05, 0.1) is 24.5 Å². The maximum atomic E-state index is 12.8. The van der Waals surface area contributed by atoms with Gasteiger partial charge in [0.15, 0.2) is 0 Å². The van der Waals surface area contributed by atoms with Crippen molar-refractivity contribution in [2.24, 2.45) is 5.16 Å². The molecule has 1 fully saturated rings. The molecule has 2 heterocycles. The Bertz CT molecular complexity index is 658. The van der Waals surface area contributed by atoms with Gasteiger partial charge in [-0.15, -0.1) is 0 Å². The number of hydrogen-bond donors (Lipinski definition) is 1. The number of aliphatic hydroxyl groups excluding tert-OH is 1. The molecular weight excluding hydrogens is 308 g/mol. The minimum Gasteiger partial charge on any atom is -0.391 e. The normalized spacial score (nSPS) is 26.4. The van der Waals surface area contributed by atoms with Gasteiger partial charge < -0.3 is 19.6 Å². The number of aryl methyl sites for hydroxylation is 2. The largest absolute Gasteiger partial charge is 0.391 e. The van der Waals surface area contributed by atoms with Crippen LogP contribution in [0.4, 0.5) is 0 Å². The van der Waals surface area contributed by atoms with E-state index in [-0.39, 0.29) is 11.9 Å². The summed E-state index contributed by atoms with van der Waals surface area (Å²) in [6.45, 7) is 4.80. The first-order valence-electron chi connectivity index (χ1n) is 8.27. The molecule has 6 nitrogen and oxygen atoms in total. The van der Waals surface area contributed by atoms with Crippen LogP contribution < -0.4 is 0 Å². The Morgan fingerprint density at radius 3 is 3.00 bits per heavy atom. The highest BCUT2D eigenvalue weighted by atomic mass is 16.6. The lowest BCUT2D eigenvalue weighted by atomic mass is 9.98. The van der Waals surface area contributed by atoms with E-state index in [4.69, 9.17) is 9.57 Å². The number of benzene rings is 1. The monoisotopic (exact) mass is 332 g/mol. The van der Waals surface area contributed by atoms with Crippen LogP contribution in [0.15, 0.2) is 23.4 Å². The highest BCUT2D eigenvalue weighted by Crippen LogP contribution is 2.25. The average molecular weight is 332 g/mol. The number of aliphatic hydroxyl groups is 1. The minimum atomic E-state index is -0.621. The molecule has 1 N–H and O–H groups in total. The highest BCUT2D eigenvalue weighted by molar-refractivity contribution is 6.05. The molecule has 1 aromatic carbocycles. The van der Waals surface area contributed by atoms with E-state index < -0.39 is 12.2 Å². The maximum absolute atomic E-state index is 12.8. The van der Waals surface area contributed by atoms with Crippen molar-refractivity contribution < 1.29 is 19.5 Å². The summed E-state index contributed by atoms with van der Waals surface area (Å²) in [5.41, 5.74) is 4.10. The lowest BCUT2D eigenvalue weighted by Crippen LogP contribution is -2.44. The number of carbonyl (C=O) groups is 1. The second-order valence-electron chi connectivity index (χ2n) is 6.64. The molecule has 130 valence electrons. The zero-order valence-electron chi connectivity index (χ0n) is 14.4. The first-order chi connectivity index (χ1) is 11.5. The van der Waals surface area contributed by atoms with Crippen molar-refractivity contribution in [3.63, 3.8) is 0 Å². The van der Waals surface area contributed by atoms with Crippen molar-refractivity contribution in [1.29, 1.82) is 0 Å². The second-order valence-corrected chi connectivity index (χ2v) is 6.64. The Morgan fingerprint density at radius 1 is 1.46 bits per heavy atom. The molecule has 0 saturated carbocycles. The van der Waals surface area contributed by atoms with Crippen molar-refractivity contribution in [3.05, 3.63) is 34.9 Å². The molecule has 1 unspecified atom stereocenters. The van der Waals surface area contributed by atoms with Crippen LogP contribution >= 0.6 is 0 Å². The van der Waals surface area contributed by atoms with Crippen LogP contribution in [0, 0.1) is 13.8 Å². The van der Waals surface area contributed by atoms with Gasteiger partial charge in [-0.05, 0) is 31.9 Å². The Balaban J connectivity index is 1.70. The molecule has 24 heavy (non-hydrogen) atoms. The Labute approximate surface area is 142 Å². The lowest BCUT2D eigenvalue weighted by molar-refractivity contribution is -0.144. The van der Waals surface area contributed by atoms with Crippen molar-refractivity contribution >= 4 is 11.6 Å². The van der Waals surface area contributed by atoms with Crippen molar-refractivity contribution in [2.45, 2.75) is 44.9 Å². The number of oxime groups is 1. The number of methoxy groups -OCH3 is 1. The number of ether oxygens (including phenoxy) is 1. The van der Waals surface area contributed by atoms with Gasteiger partial charge in [-0.1, -0.05) is 22.9 Å². The number of rotatable bonds is 4.